The summed E-state index contributed by atoms with van der Waals surface area (Å²) in [7, 11) is -3.97. The van der Waals surface area contributed by atoms with E-state index in [4.69, 9.17) is 14.6 Å². The van der Waals surface area contributed by atoms with Crippen molar-refractivity contribution in [3.8, 4) is 17.4 Å². The fraction of sp³-hybridized carbons (Fsp3) is 0.150. The van der Waals surface area contributed by atoms with Gasteiger partial charge in [-0.3, -0.25) is 9.71 Å². The van der Waals surface area contributed by atoms with Crippen molar-refractivity contribution in [3.05, 3.63) is 66.1 Å². The van der Waals surface area contributed by atoms with E-state index in [2.05, 4.69) is 14.7 Å². The van der Waals surface area contributed by atoms with E-state index in [0.29, 0.717) is 16.9 Å². The molecule has 10 heteroatoms. The Morgan fingerprint density at radius 1 is 1.17 bits per heavy atom. The quantitative estimate of drug-likeness (QED) is 0.559. The molecule has 0 atom stereocenters. The Balaban J connectivity index is 1.86. The lowest BCUT2D eigenvalue weighted by Gasteiger charge is -2.16. The Kier molecular flexibility index (Phi) is 6.17. The zero-order chi connectivity index (χ0) is 21.7. The van der Waals surface area contributed by atoms with E-state index in [9.17, 15) is 13.2 Å². The van der Waals surface area contributed by atoms with Crippen LogP contribution in [0, 0.1) is 13.8 Å². The average molecular weight is 429 g/mol. The smallest absolute Gasteiger partial charge is 0.341 e. The van der Waals surface area contributed by atoms with E-state index in [1.54, 1.807) is 38.1 Å². The van der Waals surface area contributed by atoms with Gasteiger partial charge < -0.3 is 14.6 Å². The number of carboxylic acid groups (broad SMARTS) is 1. The second-order valence-electron chi connectivity index (χ2n) is 6.30. The number of benzene rings is 2. The molecule has 0 amide bonds. The fourth-order valence-corrected chi connectivity index (χ4v) is 4.04. The van der Waals surface area contributed by atoms with Crippen LogP contribution >= 0.6 is 0 Å². The first-order valence-electron chi connectivity index (χ1n) is 8.78. The van der Waals surface area contributed by atoms with Gasteiger partial charge in [0.25, 0.3) is 10.0 Å². The predicted octanol–water partition coefficient (Wildman–Crippen LogP) is 3.15. The van der Waals surface area contributed by atoms with Gasteiger partial charge in [-0.15, -0.1) is 0 Å². The van der Waals surface area contributed by atoms with Crippen LogP contribution in [0.25, 0.3) is 0 Å². The third kappa shape index (κ3) is 5.03. The Morgan fingerprint density at radius 3 is 2.67 bits per heavy atom. The number of aryl methyl sites for hydroxylation is 1. The van der Waals surface area contributed by atoms with Crippen LogP contribution in [0.1, 0.15) is 11.1 Å². The summed E-state index contributed by atoms with van der Waals surface area (Å²) in [5.74, 6) is -0.283. The van der Waals surface area contributed by atoms with Crippen molar-refractivity contribution in [1.82, 2.24) is 9.97 Å². The van der Waals surface area contributed by atoms with Crippen LogP contribution in [0.4, 0.5) is 5.69 Å². The minimum atomic E-state index is -3.97. The SMILES string of the molecule is Cc1ccc(S(=O)(=O)Nc2cccc(Oc3cnccn3)c2)c(C)c1OCC(=O)O. The zero-order valence-corrected chi connectivity index (χ0v) is 17.0. The molecule has 9 nitrogen and oxygen atoms in total. The van der Waals surface area contributed by atoms with Crippen molar-refractivity contribution in [1.29, 1.82) is 0 Å². The van der Waals surface area contributed by atoms with Crippen molar-refractivity contribution >= 4 is 21.7 Å². The maximum atomic E-state index is 12.9. The van der Waals surface area contributed by atoms with Gasteiger partial charge in [0.2, 0.25) is 5.88 Å². The first-order valence-corrected chi connectivity index (χ1v) is 10.3. The minimum Gasteiger partial charge on any atom is -0.481 e. The number of aromatic nitrogens is 2. The summed E-state index contributed by atoms with van der Waals surface area (Å²) in [6.45, 7) is 2.70. The Bertz CT molecular complexity index is 1170. The van der Waals surface area contributed by atoms with Gasteiger partial charge in [0.15, 0.2) is 6.61 Å². The lowest BCUT2D eigenvalue weighted by Crippen LogP contribution is -2.16. The number of sulfonamides is 1. The molecule has 2 N–H and O–H groups in total. The van der Waals surface area contributed by atoms with Crippen LogP contribution in [-0.2, 0) is 14.8 Å². The fourth-order valence-electron chi connectivity index (χ4n) is 2.75. The molecular formula is C20H19N3O6S. The Hall–Kier alpha value is -3.66. The Morgan fingerprint density at radius 2 is 1.97 bits per heavy atom. The number of aliphatic carboxylic acids is 1. The monoisotopic (exact) mass is 429 g/mol. The molecule has 2 aromatic carbocycles. The maximum Gasteiger partial charge on any atom is 0.341 e. The van der Waals surface area contributed by atoms with Crippen LogP contribution in [0.3, 0.4) is 0 Å². The molecule has 0 aliphatic rings. The summed E-state index contributed by atoms with van der Waals surface area (Å²) >= 11 is 0. The molecule has 0 saturated heterocycles. The highest BCUT2D eigenvalue weighted by molar-refractivity contribution is 7.92. The molecule has 0 unspecified atom stereocenters. The molecule has 0 radical (unpaired) electrons. The molecule has 1 heterocycles. The molecule has 3 rings (SSSR count). The summed E-state index contributed by atoms with van der Waals surface area (Å²) in [4.78, 5) is 18.7. The molecule has 0 aliphatic carbocycles. The predicted molar refractivity (Wildman–Crippen MR) is 108 cm³/mol. The summed E-state index contributed by atoms with van der Waals surface area (Å²) in [5.41, 5.74) is 1.23. The summed E-state index contributed by atoms with van der Waals surface area (Å²) in [6, 6.07) is 9.38. The van der Waals surface area contributed by atoms with Crippen molar-refractivity contribution in [3.63, 3.8) is 0 Å². The number of carbonyl (C=O) groups is 1. The van der Waals surface area contributed by atoms with Crippen molar-refractivity contribution in [2.75, 3.05) is 11.3 Å². The third-order valence-electron chi connectivity index (χ3n) is 4.03. The molecule has 0 bridgehead atoms. The van der Waals surface area contributed by atoms with Gasteiger partial charge in [0, 0.05) is 24.0 Å². The summed E-state index contributed by atoms with van der Waals surface area (Å²) in [5, 5.41) is 8.84. The first-order chi connectivity index (χ1) is 14.3. The number of anilines is 1. The van der Waals surface area contributed by atoms with Crippen molar-refractivity contribution in [2.24, 2.45) is 0 Å². The van der Waals surface area contributed by atoms with Gasteiger partial charge in [0.1, 0.15) is 11.5 Å². The Labute approximate surface area is 173 Å². The number of nitrogens with one attached hydrogen (secondary N) is 1. The van der Waals surface area contributed by atoms with E-state index in [1.807, 2.05) is 0 Å². The summed E-state index contributed by atoms with van der Waals surface area (Å²) in [6.07, 6.45) is 4.42. The van der Waals surface area contributed by atoms with Gasteiger partial charge in [-0.25, -0.2) is 18.2 Å². The largest absolute Gasteiger partial charge is 0.481 e. The molecule has 0 spiro atoms. The summed E-state index contributed by atoms with van der Waals surface area (Å²) < 4.78 is 39.2. The highest BCUT2D eigenvalue weighted by Gasteiger charge is 2.21. The number of hydrogen-bond acceptors (Lipinski definition) is 7. The number of carboxylic acids is 1. The standard InChI is InChI=1S/C20H19N3O6S/c1-13-6-7-17(14(2)20(13)28-12-19(24)25)30(26,27)23-15-4-3-5-16(10-15)29-18-11-21-8-9-22-18/h3-11,23H,12H2,1-2H3,(H,24,25). The van der Waals surface area contributed by atoms with Crippen LogP contribution in [0.5, 0.6) is 17.4 Å². The lowest BCUT2D eigenvalue weighted by atomic mass is 10.1. The van der Waals surface area contributed by atoms with E-state index in [-0.39, 0.29) is 22.2 Å². The van der Waals surface area contributed by atoms with Crippen molar-refractivity contribution < 1.29 is 27.8 Å². The molecule has 30 heavy (non-hydrogen) atoms. The number of nitrogens with zero attached hydrogens (tertiary/aromatic N) is 2. The van der Waals surface area contributed by atoms with Gasteiger partial charge in [-0.05, 0) is 37.6 Å². The second kappa shape index (κ2) is 8.78. The third-order valence-corrected chi connectivity index (χ3v) is 5.56. The molecule has 1 aromatic heterocycles. The second-order valence-corrected chi connectivity index (χ2v) is 7.95. The number of rotatable bonds is 8. The van der Waals surface area contributed by atoms with E-state index >= 15 is 0 Å². The highest BCUT2D eigenvalue weighted by atomic mass is 32.2. The number of hydrogen-bond donors (Lipinski definition) is 2. The van der Waals surface area contributed by atoms with Crippen molar-refractivity contribution in [2.45, 2.75) is 18.7 Å². The van der Waals surface area contributed by atoms with E-state index in [1.165, 1.54) is 30.7 Å². The van der Waals surface area contributed by atoms with E-state index in [0.717, 1.165) is 0 Å². The minimum absolute atomic E-state index is 0.0197. The maximum absolute atomic E-state index is 12.9. The van der Waals surface area contributed by atoms with Crippen LogP contribution in [-0.4, -0.2) is 36.1 Å². The van der Waals surface area contributed by atoms with Gasteiger partial charge >= 0.3 is 5.97 Å². The van der Waals surface area contributed by atoms with Gasteiger partial charge in [0.05, 0.1) is 16.8 Å². The van der Waals surface area contributed by atoms with Crippen LogP contribution in [0.2, 0.25) is 0 Å². The molecule has 3 aromatic rings. The molecule has 156 valence electrons. The number of ether oxygens (including phenoxy) is 2. The highest BCUT2D eigenvalue weighted by Crippen LogP contribution is 2.31. The normalized spacial score (nSPS) is 11.0. The molecular weight excluding hydrogens is 410 g/mol. The van der Waals surface area contributed by atoms with E-state index < -0.39 is 22.6 Å². The van der Waals surface area contributed by atoms with Crippen LogP contribution < -0.4 is 14.2 Å². The topological polar surface area (TPSA) is 128 Å². The average Bonchev–Trinajstić information content (AvgIpc) is 2.68. The van der Waals surface area contributed by atoms with Crippen LogP contribution in [0.15, 0.2) is 59.9 Å². The van der Waals surface area contributed by atoms with Gasteiger partial charge in [-0.1, -0.05) is 12.1 Å². The molecule has 0 saturated carbocycles. The zero-order valence-electron chi connectivity index (χ0n) is 16.2. The first kappa shape index (κ1) is 21.1. The lowest BCUT2D eigenvalue weighted by molar-refractivity contribution is -0.139. The molecule has 0 aliphatic heterocycles. The molecule has 0 fully saturated rings. The van der Waals surface area contributed by atoms with Gasteiger partial charge in [-0.2, -0.15) is 0 Å².